The molecule has 8 heteroatoms. The fourth-order valence-electron chi connectivity index (χ4n) is 3.67. The molecule has 0 atom stereocenters. The summed E-state index contributed by atoms with van der Waals surface area (Å²) < 4.78 is 32.3. The molecule has 1 aliphatic heterocycles. The van der Waals surface area contributed by atoms with Crippen molar-refractivity contribution in [2.75, 3.05) is 13.1 Å². The molecule has 1 aliphatic carbocycles. The van der Waals surface area contributed by atoms with Gasteiger partial charge in [-0.25, -0.2) is 8.42 Å². The topological polar surface area (TPSA) is 102 Å². The summed E-state index contributed by atoms with van der Waals surface area (Å²) >= 11 is 0. The summed E-state index contributed by atoms with van der Waals surface area (Å²) in [5.41, 5.74) is 6.85. The molecule has 0 radical (unpaired) electrons. The molecule has 2 fully saturated rings. The van der Waals surface area contributed by atoms with Gasteiger partial charge in [0.05, 0.1) is 10.4 Å². The minimum atomic E-state index is -3.38. The van der Waals surface area contributed by atoms with Gasteiger partial charge in [-0.1, -0.05) is 23.7 Å². The quantitative estimate of drug-likeness (QED) is 0.812. The normalized spacial score (nSPS) is 20.3. The molecular formula is C19H26N4O3S. The lowest BCUT2D eigenvalue weighted by atomic mass is 9.77. The number of hydrogen-bond acceptors (Lipinski definition) is 6. The highest BCUT2D eigenvalue weighted by Crippen LogP contribution is 2.36. The van der Waals surface area contributed by atoms with E-state index in [1.165, 1.54) is 0 Å². The van der Waals surface area contributed by atoms with Gasteiger partial charge in [-0.15, -0.1) is 0 Å². The van der Waals surface area contributed by atoms with E-state index in [0.29, 0.717) is 42.5 Å². The smallest absolute Gasteiger partial charge is 0.243 e. The molecule has 2 aromatic rings. The number of benzene rings is 1. The Labute approximate surface area is 160 Å². The number of rotatable bonds is 6. The molecular weight excluding hydrogens is 364 g/mol. The summed E-state index contributed by atoms with van der Waals surface area (Å²) in [6.45, 7) is 1.23. The molecule has 1 saturated heterocycles. The molecule has 0 unspecified atom stereocenters. The molecule has 1 saturated carbocycles. The average molecular weight is 391 g/mol. The predicted molar refractivity (Wildman–Crippen MR) is 100 cm³/mol. The summed E-state index contributed by atoms with van der Waals surface area (Å²) in [7, 11) is -3.38. The summed E-state index contributed by atoms with van der Waals surface area (Å²) in [5.74, 6) is 1.18. The minimum Gasteiger partial charge on any atom is -0.339 e. The molecule has 7 nitrogen and oxygen atoms in total. The Balaban J connectivity index is 1.38. The van der Waals surface area contributed by atoms with Crippen LogP contribution in [0.4, 0.5) is 0 Å². The second-order valence-electron chi connectivity index (χ2n) is 7.63. The maximum absolute atomic E-state index is 12.7. The monoisotopic (exact) mass is 390 g/mol. The Bertz CT molecular complexity index is 882. The molecule has 0 bridgehead atoms. The lowest BCUT2D eigenvalue weighted by Gasteiger charge is -2.34. The van der Waals surface area contributed by atoms with Gasteiger partial charge >= 0.3 is 0 Å². The van der Waals surface area contributed by atoms with Gasteiger partial charge in [-0.2, -0.15) is 9.29 Å². The first-order valence-corrected chi connectivity index (χ1v) is 11.1. The van der Waals surface area contributed by atoms with E-state index in [4.69, 9.17) is 10.3 Å². The Morgan fingerprint density at radius 3 is 2.37 bits per heavy atom. The van der Waals surface area contributed by atoms with Gasteiger partial charge in [0.25, 0.3) is 0 Å². The fraction of sp³-hybridized carbons (Fsp3) is 0.579. The van der Waals surface area contributed by atoms with Crippen molar-refractivity contribution in [3.8, 4) is 0 Å². The molecule has 4 rings (SSSR count). The summed E-state index contributed by atoms with van der Waals surface area (Å²) in [6.07, 6.45) is 7.21. The van der Waals surface area contributed by atoms with E-state index in [2.05, 4.69) is 10.1 Å². The van der Waals surface area contributed by atoms with E-state index in [9.17, 15) is 8.42 Å². The molecule has 0 amide bonds. The molecule has 0 spiro atoms. The summed E-state index contributed by atoms with van der Waals surface area (Å²) in [6, 6.07) is 7.12. The van der Waals surface area contributed by atoms with Crippen molar-refractivity contribution < 1.29 is 12.9 Å². The van der Waals surface area contributed by atoms with Gasteiger partial charge in [-0.3, -0.25) is 0 Å². The van der Waals surface area contributed by atoms with E-state index in [-0.39, 0.29) is 0 Å². The molecule has 2 heterocycles. The Morgan fingerprint density at radius 1 is 1.04 bits per heavy atom. The number of aryl methyl sites for hydroxylation is 2. The van der Waals surface area contributed by atoms with E-state index in [1.54, 1.807) is 16.4 Å². The number of aromatic nitrogens is 2. The zero-order valence-electron chi connectivity index (χ0n) is 15.4. The van der Waals surface area contributed by atoms with E-state index >= 15 is 0 Å². The second kappa shape index (κ2) is 7.33. The Morgan fingerprint density at radius 2 is 1.74 bits per heavy atom. The van der Waals surface area contributed by atoms with Crippen LogP contribution in [0.15, 0.2) is 33.7 Å². The van der Waals surface area contributed by atoms with E-state index < -0.39 is 15.6 Å². The third-order valence-electron chi connectivity index (χ3n) is 5.66. The highest BCUT2D eigenvalue weighted by Gasteiger charge is 2.38. The van der Waals surface area contributed by atoms with Crippen molar-refractivity contribution in [3.63, 3.8) is 0 Å². The van der Waals surface area contributed by atoms with Crippen LogP contribution in [0.2, 0.25) is 0 Å². The van der Waals surface area contributed by atoms with Crippen LogP contribution in [-0.2, 0) is 28.4 Å². The minimum absolute atomic E-state index is 0.364. The fourth-order valence-corrected chi connectivity index (χ4v) is 5.19. The van der Waals surface area contributed by atoms with Gasteiger partial charge in [0.2, 0.25) is 15.9 Å². The standard InChI is InChI=1S/C19H26N4O3S/c20-19(11-4-12-19)18-21-17(26-22-18)10-7-15-5-8-16(9-6-15)27(24,25)23-13-2-1-3-14-23/h5-6,8-9H,1-4,7,10-14,20H2. The van der Waals surface area contributed by atoms with Crippen LogP contribution >= 0.6 is 0 Å². The van der Waals surface area contributed by atoms with Crippen LogP contribution in [0.5, 0.6) is 0 Å². The number of piperidine rings is 1. The maximum Gasteiger partial charge on any atom is 0.243 e. The van der Waals surface area contributed by atoms with Crippen molar-refractivity contribution in [1.82, 2.24) is 14.4 Å². The first-order chi connectivity index (χ1) is 13.0. The SMILES string of the molecule is NC1(c2noc(CCc3ccc(S(=O)(=O)N4CCCCC4)cc3)n2)CCC1. The van der Waals surface area contributed by atoms with Crippen LogP contribution < -0.4 is 5.73 Å². The molecule has 146 valence electrons. The van der Waals surface area contributed by atoms with Gasteiger partial charge in [0, 0.05) is 19.5 Å². The highest BCUT2D eigenvalue weighted by molar-refractivity contribution is 7.89. The highest BCUT2D eigenvalue weighted by atomic mass is 32.2. The lowest BCUT2D eigenvalue weighted by Crippen LogP contribution is -2.44. The number of hydrogen-bond donors (Lipinski definition) is 1. The molecule has 2 aliphatic rings. The Kier molecular flexibility index (Phi) is 5.05. The molecule has 1 aromatic carbocycles. The van der Waals surface area contributed by atoms with Gasteiger partial charge < -0.3 is 10.3 Å². The van der Waals surface area contributed by atoms with E-state index in [1.807, 2.05) is 12.1 Å². The van der Waals surface area contributed by atoms with Gasteiger partial charge in [0.15, 0.2) is 5.82 Å². The van der Waals surface area contributed by atoms with Crippen LogP contribution in [0.1, 0.15) is 55.8 Å². The third-order valence-corrected chi connectivity index (χ3v) is 7.58. The third kappa shape index (κ3) is 3.79. The van der Waals surface area contributed by atoms with Crippen LogP contribution in [-0.4, -0.2) is 36.0 Å². The van der Waals surface area contributed by atoms with Crippen molar-refractivity contribution in [3.05, 3.63) is 41.5 Å². The van der Waals surface area contributed by atoms with Crippen molar-refractivity contribution >= 4 is 10.0 Å². The van der Waals surface area contributed by atoms with Crippen LogP contribution in [0.25, 0.3) is 0 Å². The maximum atomic E-state index is 12.7. The average Bonchev–Trinajstić information content (AvgIpc) is 3.15. The largest absolute Gasteiger partial charge is 0.339 e. The second-order valence-corrected chi connectivity index (χ2v) is 9.57. The molecule has 2 N–H and O–H groups in total. The number of nitrogens with zero attached hydrogens (tertiary/aromatic N) is 3. The first kappa shape index (κ1) is 18.6. The Hall–Kier alpha value is -1.77. The van der Waals surface area contributed by atoms with Crippen molar-refractivity contribution in [1.29, 1.82) is 0 Å². The molecule has 27 heavy (non-hydrogen) atoms. The van der Waals surface area contributed by atoms with E-state index in [0.717, 1.165) is 44.1 Å². The summed E-state index contributed by atoms with van der Waals surface area (Å²) in [4.78, 5) is 4.80. The lowest BCUT2D eigenvalue weighted by molar-refractivity contribution is 0.229. The zero-order valence-corrected chi connectivity index (χ0v) is 16.2. The predicted octanol–water partition coefficient (Wildman–Crippen LogP) is 2.37. The van der Waals surface area contributed by atoms with Crippen LogP contribution in [0, 0.1) is 0 Å². The van der Waals surface area contributed by atoms with Gasteiger partial charge in [-0.05, 0) is 56.2 Å². The zero-order chi connectivity index (χ0) is 18.9. The molecule has 1 aromatic heterocycles. The number of nitrogens with two attached hydrogens (primary N) is 1. The van der Waals surface area contributed by atoms with Crippen molar-refractivity contribution in [2.45, 2.75) is 61.8 Å². The van der Waals surface area contributed by atoms with Crippen LogP contribution in [0.3, 0.4) is 0 Å². The van der Waals surface area contributed by atoms with Gasteiger partial charge in [0.1, 0.15) is 0 Å². The summed E-state index contributed by atoms with van der Waals surface area (Å²) in [5, 5.41) is 4.02. The first-order valence-electron chi connectivity index (χ1n) is 9.68. The number of sulfonamides is 1. The van der Waals surface area contributed by atoms with Crippen molar-refractivity contribution in [2.24, 2.45) is 5.73 Å².